The van der Waals surface area contributed by atoms with Crippen LogP contribution in [-0.2, 0) is 0 Å². The second-order valence-corrected chi connectivity index (χ2v) is 11.7. The maximum absolute atomic E-state index is 13.7. The highest BCUT2D eigenvalue weighted by Crippen LogP contribution is 2.35. The number of fused-ring (bicyclic) bond motifs is 1. The van der Waals surface area contributed by atoms with Crippen LogP contribution in [0.3, 0.4) is 0 Å². The van der Waals surface area contributed by atoms with Crippen molar-refractivity contribution >= 4 is 59.6 Å². The minimum atomic E-state index is -0.0913. The number of nitrogens with zero attached hydrogens (tertiary/aromatic N) is 5. The second-order valence-electron chi connectivity index (χ2n) is 10.9. The topological polar surface area (TPSA) is 63.1 Å². The molecule has 0 saturated carbocycles. The normalized spacial score (nSPS) is 14.4. The van der Waals surface area contributed by atoms with Gasteiger partial charge in [-0.2, -0.15) is 0 Å². The van der Waals surface area contributed by atoms with Crippen molar-refractivity contribution in [3.63, 3.8) is 0 Å². The van der Waals surface area contributed by atoms with Gasteiger partial charge in [-0.05, 0) is 44.2 Å². The van der Waals surface area contributed by atoms with Crippen molar-refractivity contribution in [2.75, 3.05) is 64.4 Å². The van der Waals surface area contributed by atoms with E-state index in [2.05, 4.69) is 9.80 Å². The standard InChI is InChI=1S/C33H35Cl2N5O3.2ClH/c1-23-31(33(41)37(2)14-7-15-38-16-18-39(19-17-38)27-11-6-10-26(34)30(27)35)36-32(24-8-4-3-5-9-24)40(23)25-12-13-28-29(22-25)43-21-20-42-28;;/h3-6,8-13,22H,7,14-21H2,1-2H3;2*1H. The summed E-state index contributed by atoms with van der Waals surface area (Å²) in [6.45, 7) is 8.16. The molecule has 1 aromatic heterocycles. The molecule has 0 spiro atoms. The molecule has 240 valence electrons. The summed E-state index contributed by atoms with van der Waals surface area (Å²) in [6, 6.07) is 21.6. The highest BCUT2D eigenvalue weighted by molar-refractivity contribution is 6.43. The molecule has 0 atom stereocenters. The first kappa shape index (κ1) is 34.7. The lowest BCUT2D eigenvalue weighted by Gasteiger charge is -2.36. The molecule has 0 aliphatic carbocycles. The number of anilines is 1. The fourth-order valence-corrected chi connectivity index (χ4v) is 6.15. The summed E-state index contributed by atoms with van der Waals surface area (Å²) in [7, 11) is 1.85. The molecule has 1 fully saturated rings. The molecule has 0 bridgehead atoms. The fraction of sp³-hybridized carbons (Fsp3) is 0.333. The van der Waals surface area contributed by atoms with E-state index in [1.54, 1.807) is 4.90 Å². The van der Waals surface area contributed by atoms with Crippen LogP contribution in [0.15, 0.2) is 66.7 Å². The molecule has 12 heteroatoms. The SMILES string of the molecule is Cc1c(C(=O)N(C)CCCN2CCN(c3cccc(Cl)c3Cl)CC2)nc(-c2ccccc2)n1-c1ccc2c(c1)OCCO2.Cl.Cl. The van der Waals surface area contributed by atoms with E-state index in [0.29, 0.717) is 47.1 Å². The van der Waals surface area contributed by atoms with Crippen LogP contribution in [0.4, 0.5) is 5.69 Å². The van der Waals surface area contributed by atoms with Gasteiger partial charge in [0.2, 0.25) is 0 Å². The molecule has 8 nitrogen and oxygen atoms in total. The average Bonchev–Trinajstić information content (AvgIpc) is 3.39. The van der Waals surface area contributed by atoms with Crippen molar-refractivity contribution in [2.24, 2.45) is 0 Å². The predicted octanol–water partition coefficient (Wildman–Crippen LogP) is 7.05. The van der Waals surface area contributed by atoms with Gasteiger partial charge >= 0.3 is 0 Å². The van der Waals surface area contributed by atoms with Crippen LogP contribution in [0, 0.1) is 6.92 Å². The number of ether oxygens (including phenoxy) is 2. The van der Waals surface area contributed by atoms with E-state index in [-0.39, 0.29) is 30.7 Å². The van der Waals surface area contributed by atoms with Crippen LogP contribution in [0.2, 0.25) is 10.0 Å². The fourth-order valence-electron chi connectivity index (χ4n) is 5.73. The van der Waals surface area contributed by atoms with Crippen molar-refractivity contribution in [2.45, 2.75) is 13.3 Å². The van der Waals surface area contributed by atoms with E-state index in [4.69, 9.17) is 37.7 Å². The van der Waals surface area contributed by atoms with Gasteiger partial charge in [0.1, 0.15) is 24.7 Å². The number of carbonyl (C=O) groups excluding carboxylic acids is 1. The third-order valence-corrected chi connectivity index (χ3v) is 8.89. The molecule has 2 aliphatic heterocycles. The molecule has 0 radical (unpaired) electrons. The van der Waals surface area contributed by atoms with E-state index < -0.39 is 0 Å². The van der Waals surface area contributed by atoms with E-state index in [1.807, 2.05) is 85.3 Å². The van der Waals surface area contributed by atoms with Crippen molar-refractivity contribution in [1.29, 1.82) is 0 Å². The zero-order valence-corrected chi connectivity index (χ0v) is 28.4. The van der Waals surface area contributed by atoms with E-state index in [9.17, 15) is 4.79 Å². The quantitative estimate of drug-likeness (QED) is 0.197. The number of carbonyl (C=O) groups is 1. The lowest BCUT2D eigenvalue weighted by atomic mass is 10.2. The molecule has 3 aromatic carbocycles. The number of hydrogen-bond donors (Lipinski definition) is 0. The van der Waals surface area contributed by atoms with Crippen LogP contribution >= 0.6 is 48.0 Å². The van der Waals surface area contributed by atoms with Gasteiger partial charge in [0.05, 0.1) is 27.1 Å². The van der Waals surface area contributed by atoms with Gasteiger partial charge in [-0.3, -0.25) is 14.3 Å². The molecule has 2 aliphatic rings. The van der Waals surface area contributed by atoms with Gasteiger partial charge < -0.3 is 19.3 Å². The zero-order valence-electron chi connectivity index (χ0n) is 25.2. The van der Waals surface area contributed by atoms with Gasteiger partial charge in [0, 0.05) is 51.4 Å². The number of amides is 1. The first-order chi connectivity index (χ1) is 20.9. The Morgan fingerprint density at radius 3 is 2.36 bits per heavy atom. The maximum atomic E-state index is 13.7. The van der Waals surface area contributed by atoms with Gasteiger partial charge in [0.25, 0.3) is 5.91 Å². The number of hydrogen-bond acceptors (Lipinski definition) is 6. The third kappa shape index (κ3) is 7.47. The van der Waals surface area contributed by atoms with Crippen LogP contribution in [0.5, 0.6) is 11.5 Å². The number of aromatic nitrogens is 2. The minimum absolute atomic E-state index is 0. The summed E-state index contributed by atoms with van der Waals surface area (Å²) >= 11 is 12.7. The van der Waals surface area contributed by atoms with E-state index in [0.717, 1.165) is 67.5 Å². The Morgan fingerprint density at radius 1 is 0.911 bits per heavy atom. The van der Waals surface area contributed by atoms with Crippen LogP contribution in [-0.4, -0.2) is 84.8 Å². The summed E-state index contributed by atoms with van der Waals surface area (Å²) in [4.78, 5) is 25.1. The minimum Gasteiger partial charge on any atom is -0.486 e. The van der Waals surface area contributed by atoms with Gasteiger partial charge in [-0.25, -0.2) is 4.98 Å². The second kappa shape index (κ2) is 15.4. The van der Waals surface area contributed by atoms with Crippen molar-refractivity contribution in [1.82, 2.24) is 19.4 Å². The maximum Gasteiger partial charge on any atom is 0.274 e. The number of imidazole rings is 1. The third-order valence-electron chi connectivity index (χ3n) is 8.08. The summed E-state index contributed by atoms with van der Waals surface area (Å²) in [6.07, 6.45) is 0.869. The van der Waals surface area contributed by atoms with Crippen LogP contribution < -0.4 is 14.4 Å². The van der Waals surface area contributed by atoms with E-state index >= 15 is 0 Å². The summed E-state index contributed by atoms with van der Waals surface area (Å²) in [5.41, 5.74) is 4.01. The van der Waals surface area contributed by atoms with Crippen LogP contribution in [0.25, 0.3) is 17.1 Å². The number of piperazine rings is 1. The highest BCUT2D eigenvalue weighted by atomic mass is 35.5. The average molecular weight is 694 g/mol. The highest BCUT2D eigenvalue weighted by Gasteiger charge is 2.25. The van der Waals surface area contributed by atoms with Gasteiger partial charge in [-0.1, -0.05) is 59.6 Å². The Kier molecular flexibility index (Phi) is 11.9. The molecule has 6 rings (SSSR count). The summed E-state index contributed by atoms with van der Waals surface area (Å²) in [5.74, 6) is 2.03. The lowest BCUT2D eigenvalue weighted by molar-refractivity contribution is 0.0782. The Morgan fingerprint density at radius 2 is 1.62 bits per heavy atom. The molecular formula is C33H37Cl4N5O3. The molecule has 1 saturated heterocycles. The summed E-state index contributed by atoms with van der Waals surface area (Å²) < 4.78 is 13.6. The number of rotatable bonds is 8. The monoisotopic (exact) mass is 691 g/mol. The van der Waals surface area contributed by atoms with Gasteiger partial charge in [-0.15, -0.1) is 24.8 Å². The number of benzene rings is 3. The first-order valence-electron chi connectivity index (χ1n) is 14.6. The first-order valence-corrected chi connectivity index (χ1v) is 15.4. The Bertz CT molecular complexity index is 1610. The van der Waals surface area contributed by atoms with Crippen molar-refractivity contribution in [3.05, 3.63) is 88.2 Å². The summed E-state index contributed by atoms with van der Waals surface area (Å²) in [5, 5.41) is 1.19. The molecular weight excluding hydrogens is 656 g/mol. The number of halogens is 4. The Balaban J connectivity index is 0.00000230. The molecule has 45 heavy (non-hydrogen) atoms. The smallest absolute Gasteiger partial charge is 0.274 e. The van der Waals surface area contributed by atoms with Crippen molar-refractivity contribution in [3.8, 4) is 28.6 Å². The van der Waals surface area contributed by atoms with Gasteiger partial charge in [0.15, 0.2) is 11.5 Å². The predicted molar refractivity (Wildman–Crippen MR) is 186 cm³/mol. The molecule has 4 aromatic rings. The molecule has 0 unspecified atom stereocenters. The lowest BCUT2D eigenvalue weighted by Crippen LogP contribution is -2.47. The zero-order chi connectivity index (χ0) is 29.9. The Hall–Kier alpha value is -3.14. The van der Waals surface area contributed by atoms with Crippen LogP contribution in [0.1, 0.15) is 22.6 Å². The Labute approximate surface area is 286 Å². The molecule has 1 amide bonds. The van der Waals surface area contributed by atoms with Crippen molar-refractivity contribution < 1.29 is 14.3 Å². The molecule has 3 heterocycles. The van der Waals surface area contributed by atoms with E-state index in [1.165, 1.54) is 0 Å². The largest absolute Gasteiger partial charge is 0.486 e. The molecule has 0 N–H and O–H groups in total.